The van der Waals surface area contributed by atoms with Gasteiger partial charge in [-0.1, -0.05) is 6.92 Å². The summed E-state index contributed by atoms with van der Waals surface area (Å²) in [6.45, 7) is 12.3. The Morgan fingerprint density at radius 2 is 2.06 bits per heavy atom. The topological polar surface area (TPSA) is 28.2 Å². The first kappa shape index (κ1) is 14.0. The van der Waals surface area contributed by atoms with Crippen LogP contribution in [0.2, 0.25) is 0 Å². The molecular weight excluding hydrogens is 242 g/mol. The third-order valence-electron chi connectivity index (χ3n) is 3.76. The summed E-state index contributed by atoms with van der Waals surface area (Å²) in [5.74, 6) is 0.880. The van der Waals surface area contributed by atoms with Gasteiger partial charge in [0.05, 0.1) is 10.7 Å². The van der Waals surface area contributed by atoms with Crippen LogP contribution in [0.15, 0.2) is 0 Å². The normalized spacial score (nSPS) is 18.4. The average Bonchev–Trinajstić information content (AvgIpc) is 2.67. The maximum absolute atomic E-state index is 4.51. The monoisotopic (exact) mass is 267 g/mol. The second-order valence-corrected chi connectivity index (χ2v) is 6.56. The number of hydrogen-bond donors (Lipinski definition) is 1. The fraction of sp³-hybridized carbons (Fsp3) is 0.786. The molecule has 0 amide bonds. The first-order valence-electron chi connectivity index (χ1n) is 7.05. The van der Waals surface area contributed by atoms with Gasteiger partial charge >= 0.3 is 0 Å². The molecular formula is C14H25N3S. The highest BCUT2D eigenvalue weighted by Gasteiger charge is 2.19. The summed E-state index contributed by atoms with van der Waals surface area (Å²) in [7, 11) is 0. The standard InChI is InChI=1S/C14H25N3S/c1-4-15-9-13-5-7-17(8-6-13)10-14-11(2)16-12(3)18-14/h13,15H,4-10H2,1-3H3. The van der Waals surface area contributed by atoms with Gasteiger partial charge in [-0.3, -0.25) is 4.90 Å². The van der Waals surface area contributed by atoms with E-state index in [0.29, 0.717) is 0 Å². The van der Waals surface area contributed by atoms with Gasteiger partial charge < -0.3 is 5.32 Å². The lowest BCUT2D eigenvalue weighted by Crippen LogP contribution is -2.36. The van der Waals surface area contributed by atoms with Gasteiger partial charge in [0, 0.05) is 11.4 Å². The van der Waals surface area contributed by atoms with E-state index in [-0.39, 0.29) is 0 Å². The third kappa shape index (κ3) is 3.77. The Bertz CT molecular complexity index is 367. The second kappa shape index (κ2) is 6.64. The van der Waals surface area contributed by atoms with E-state index < -0.39 is 0 Å². The zero-order chi connectivity index (χ0) is 13.0. The molecule has 0 aliphatic carbocycles. The Labute approximate surface area is 115 Å². The van der Waals surface area contributed by atoms with E-state index in [2.05, 4.69) is 36.0 Å². The number of hydrogen-bond acceptors (Lipinski definition) is 4. The predicted molar refractivity (Wildman–Crippen MR) is 78.1 cm³/mol. The zero-order valence-corrected chi connectivity index (χ0v) is 12.6. The molecule has 1 aliphatic heterocycles. The number of thiazole rings is 1. The van der Waals surface area contributed by atoms with E-state index in [1.807, 2.05) is 11.3 Å². The summed E-state index contributed by atoms with van der Waals surface area (Å²) in [6, 6.07) is 0. The van der Waals surface area contributed by atoms with Gasteiger partial charge in [0.25, 0.3) is 0 Å². The van der Waals surface area contributed by atoms with Crippen molar-refractivity contribution >= 4 is 11.3 Å². The van der Waals surface area contributed by atoms with Crippen LogP contribution in [0.5, 0.6) is 0 Å². The predicted octanol–water partition coefficient (Wildman–Crippen LogP) is 2.58. The Morgan fingerprint density at radius 1 is 1.33 bits per heavy atom. The molecule has 0 saturated carbocycles. The molecule has 1 aromatic heterocycles. The molecule has 1 aromatic rings. The van der Waals surface area contributed by atoms with Crippen LogP contribution < -0.4 is 5.32 Å². The Morgan fingerprint density at radius 3 is 2.61 bits per heavy atom. The van der Waals surface area contributed by atoms with Crippen molar-refractivity contribution in [1.29, 1.82) is 0 Å². The van der Waals surface area contributed by atoms with Crippen molar-refractivity contribution in [2.75, 3.05) is 26.2 Å². The van der Waals surface area contributed by atoms with E-state index in [0.717, 1.165) is 19.0 Å². The maximum atomic E-state index is 4.51. The van der Waals surface area contributed by atoms with Gasteiger partial charge in [0.15, 0.2) is 0 Å². The van der Waals surface area contributed by atoms with Crippen molar-refractivity contribution < 1.29 is 0 Å². The molecule has 0 unspecified atom stereocenters. The van der Waals surface area contributed by atoms with E-state index in [1.54, 1.807) is 0 Å². The molecule has 0 radical (unpaired) electrons. The van der Waals surface area contributed by atoms with Crippen LogP contribution in [-0.4, -0.2) is 36.1 Å². The van der Waals surface area contributed by atoms with Crippen LogP contribution in [0.1, 0.15) is 35.3 Å². The lowest BCUT2D eigenvalue weighted by atomic mass is 9.97. The highest BCUT2D eigenvalue weighted by Crippen LogP contribution is 2.23. The molecule has 3 nitrogen and oxygen atoms in total. The first-order chi connectivity index (χ1) is 8.69. The highest BCUT2D eigenvalue weighted by atomic mass is 32.1. The van der Waals surface area contributed by atoms with Crippen molar-refractivity contribution in [2.24, 2.45) is 5.92 Å². The smallest absolute Gasteiger partial charge is 0.0900 e. The lowest BCUT2D eigenvalue weighted by Gasteiger charge is -2.31. The molecule has 18 heavy (non-hydrogen) atoms. The molecule has 1 aliphatic rings. The Hall–Kier alpha value is -0.450. The Balaban J connectivity index is 1.78. The van der Waals surface area contributed by atoms with Crippen molar-refractivity contribution in [1.82, 2.24) is 15.2 Å². The van der Waals surface area contributed by atoms with Crippen molar-refractivity contribution in [3.63, 3.8) is 0 Å². The minimum Gasteiger partial charge on any atom is -0.317 e. The van der Waals surface area contributed by atoms with Gasteiger partial charge in [0.1, 0.15) is 0 Å². The van der Waals surface area contributed by atoms with E-state index in [4.69, 9.17) is 0 Å². The summed E-state index contributed by atoms with van der Waals surface area (Å²) in [5, 5.41) is 4.67. The molecule has 1 saturated heterocycles. The molecule has 0 atom stereocenters. The van der Waals surface area contributed by atoms with E-state index >= 15 is 0 Å². The third-order valence-corrected chi connectivity index (χ3v) is 4.81. The van der Waals surface area contributed by atoms with Gasteiger partial charge in [-0.05, 0) is 58.8 Å². The summed E-state index contributed by atoms with van der Waals surface area (Å²) in [6.07, 6.45) is 2.67. The minimum absolute atomic E-state index is 0.880. The van der Waals surface area contributed by atoms with Crippen LogP contribution >= 0.6 is 11.3 Å². The lowest BCUT2D eigenvalue weighted by molar-refractivity contribution is 0.177. The largest absolute Gasteiger partial charge is 0.317 e. The zero-order valence-electron chi connectivity index (χ0n) is 11.8. The molecule has 2 heterocycles. The van der Waals surface area contributed by atoms with Crippen molar-refractivity contribution in [3.8, 4) is 0 Å². The molecule has 2 rings (SSSR count). The number of aromatic nitrogens is 1. The van der Waals surface area contributed by atoms with Crippen LogP contribution in [0.3, 0.4) is 0 Å². The fourth-order valence-corrected chi connectivity index (χ4v) is 3.60. The van der Waals surface area contributed by atoms with Crippen LogP contribution in [0, 0.1) is 19.8 Å². The van der Waals surface area contributed by atoms with Crippen LogP contribution in [0.4, 0.5) is 0 Å². The SMILES string of the molecule is CCNCC1CCN(Cc2sc(C)nc2C)CC1. The average molecular weight is 267 g/mol. The van der Waals surface area contributed by atoms with E-state index in [9.17, 15) is 0 Å². The van der Waals surface area contributed by atoms with Gasteiger partial charge in [-0.25, -0.2) is 4.98 Å². The van der Waals surface area contributed by atoms with Crippen molar-refractivity contribution in [3.05, 3.63) is 15.6 Å². The van der Waals surface area contributed by atoms with Gasteiger partial charge in [-0.2, -0.15) is 0 Å². The molecule has 1 N–H and O–H groups in total. The summed E-state index contributed by atoms with van der Waals surface area (Å²) >= 11 is 1.86. The summed E-state index contributed by atoms with van der Waals surface area (Å²) < 4.78 is 0. The highest BCUT2D eigenvalue weighted by molar-refractivity contribution is 7.11. The molecule has 0 bridgehead atoms. The molecule has 0 aromatic carbocycles. The molecule has 4 heteroatoms. The minimum atomic E-state index is 0.880. The van der Waals surface area contributed by atoms with Crippen molar-refractivity contribution in [2.45, 2.75) is 40.2 Å². The maximum Gasteiger partial charge on any atom is 0.0900 e. The summed E-state index contributed by atoms with van der Waals surface area (Å²) in [4.78, 5) is 8.56. The van der Waals surface area contributed by atoms with Gasteiger partial charge in [0.2, 0.25) is 0 Å². The Kier molecular flexibility index (Phi) is 5.15. The van der Waals surface area contributed by atoms with Gasteiger partial charge in [-0.15, -0.1) is 11.3 Å². The molecule has 0 spiro atoms. The number of piperidine rings is 1. The number of aryl methyl sites for hydroxylation is 2. The number of likely N-dealkylation sites (tertiary alicyclic amines) is 1. The first-order valence-corrected chi connectivity index (χ1v) is 7.86. The molecule has 102 valence electrons. The fourth-order valence-electron chi connectivity index (χ4n) is 2.62. The quantitative estimate of drug-likeness (QED) is 0.889. The summed E-state index contributed by atoms with van der Waals surface area (Å²) in [5.41, 5.74) is 1.23. The molecule has 1 fully saturated rings. The number of rotatable bonds is 5. The van der Waals surface area contributed by atoms with E-state index in [1.165, 1.54) is 48.1 Å². The number of nitrogens with zero attached hydrogens (tertiary/aromatic N) is 2. The van der Waals surface area contributed by atoms with Crippen LogP contribution in [0.25, 0.3) is 0 Å². The number of nitrogens with one attached hydrogen (secondary N) is 1. The van der Waals surface area contributed by atoms with Crippen LogP contribution in [-0.2, 0) is 6.54 Å². The second-order valence-electron chi connectivity index (χ2n) is 5.27.